The average Bonchev–Trinajstić information content (AvgIpc) is 3.33. The Bertz CT molecular complexity index is 568. The molecule has 2 saturated heterocycles. The van der Waals surface area contributed by atoms with E-state index >= 15 is 0 Å². The van der Waals surface area contributed by atoms with Crippen LogP contribution in [0.15, 0.2) is 0 Å². The molecule has 27 heavy (non-hydrogen) atoms. The fraction of sp³-hybridized carbons (Fsp3) is 0.765. The van der Waals surface area contributed by atoms with Crippen LogP contribution in [0.4, 0.5) is 0 Å². The number of carboxylic acid groups (broad SMARTS) is 1. The molecule has 0 aromatic rings. The Labute approximate surface area is 163 Å². The van der Waals surface area contributed by atoms with Crippen LogP contribution in [0.3, 0.4) is 0 Å². The maximum Gasteiger partial charge on any atom is 0.322 e. The molecule has 0 aromatic heterocycles. The van der Waals surface area contributed by atoms with Gasteiger partial charge in [-0.1, -0.05) is 0 Å². The van der Waals surface area contributed by atoms with Gasteiger partial charge in [0.25, 0.3) is 0 Å². The van der Waals surface area contributed by atoms with Gasteiger partial charge in [0, 0.05) is 6.54 Å². The predicted octanol–water partition coefficient (Wildman–Crippen LogP) is -0.832. The van der Waals surface area contributed by atoms with E-state index in [1.807, 2.05) is 6.26 Å². The maximum absolute atomic E-state index is 13.0. The van der Waals surface area contributed by atoms with Gasteiger partial charge < -0.3 is 26.0 Å². The molecular weight excluding hydrogens is 372 g/mol. The number of carbonyl (C=O) groups excluding carboxylic acids is 3. The van der Waals surface area contributed by atoms with Crippen LogP contribution < -0.4 is 16.0 Å². The van der Waals surface area contributed by atoms with Crippen LogP contribution in [0.5, 0.6) is 0 Å². The summed E-state index contributed by atoms with van der Waals surface area (Å²) in [5.74, 6) is -1.34. The van der Waals surface area contributed by atoms with Crippen molar-refractivity contribution in [1.29, 1.82) is 0 Å². The fourth-order valence-corrected chi connectivity index (χ4v) is 3.93. The molecule has 0 bridgehead atoms. The van der Waals surface area contributed by atoms with E-state index in [0.717, 1.165) is 19.4 Å². The number of carboxylic acids is 1. The third kappa shape index (κ3) is 6.10. The SMILES string of the molecule is CSCCC(NC(=O)C1CCCN1)C(=O)N1CCCC1C(=O)NCC(=O)O. The lowest BCUT2D eigenvalue weighted by molar-refractivity contribution is -0.143. The summed E-state index contributed by atoms with van der Waals surface area (Å²) in [6, 6.07) is -1.64. The van der Waals surface area contributed by atoms with Crippen LogP contribution in [0.1, 0.15) is 32.1 Å². The van der Waals surface area contributed by atoms with Crippen molar-refractivity contribution in [3.05, 3.63) is 0 Å². The standard InChI is InChI=1S/C17H28N4O5S/c1-27-9-6-12(20-15(24)11-4-2-7-18-11)17(26)21-8-3-5-13(21)16(25)19-10-14(22)23/h11-13,18H,2-10H2,1H3,(H,19,25)(H,20,24)(H,22,23). The van der Waals surface area contributed by atoms with Gasteiger partial charge in [-0.2, -0.15) is 11.8 Å². The van der Waals surface area contributed by atoms with E-state index in [1.54, 1.807) is 11.8 Å². The molecule has 10 heteroatoms. The van der Waals surface area contributed by atoms with Gasteiger partial charge >= 0.3 is 5.97 Å². The number of hydrogen-bond acceptors (Lipinski definition) is 6. The van der Waals surface area contributed by atoms with E-state index in [9.17, 15) is 19.2 Å². The van der Waals surface area contributed by atoms with Crippen molar-refractivity contribution in [2.45, 2.75) is 50.2 Å². The number of nitrogens with one attached hydrogen (secondary N) is 3. The molecule has 0 spiro atoms. The first kappa shape index (κ1) is 21.5. The highest BCUT2D eigenvalue weighted by molar-refractivity contribution is 7.98. The van der Waals surface area contributed by atoms with Crippen molar-refractivity contribution in [2.75, 3.05) is 31.6 Å². The third-order valence-electron chi connectivity index (χ3n) is 4.85. The molecule has 3 amide bonds. The average molecular weight is 401 g/mol. The van der Waals surface area contributed by atoms with Gasteiger partial charge in [-0.15, -0.1) is 0 Å². The number of amides is 3. The van der Waals surface area contributed by atoms with Gasteiger partial charge in [0.1, 0.15) is 18.6 Å². The lowest BCUT2D eigenvalue weighted by atomic mass is 10.1. The first-order chi connectivity index (χ1) is 12.9. The molecule has 2 fully saturated rings. The number of hydrogen-bond donors (Lipinski definition) is 4. The third-order valence-corrected chi connectivity index (χ3v) is 5.50. The van der Waals surface area contributed by atoms with Gasteiger partial charge in [-0.25, -0.2) is 0 Å². The molecule has 3 unspecified atom stereocenters. The largest absolute Gasteiger partial charge is 0.480 e. The van der Waals surface area contributed by atoms with Gasteiger partial charge in [0.15, 0.2) is 0 Å². The Hall–Kier alpha value is -1.81. The smallest absolute Gasteiger partial charge is 0.322 e. The highest BCUT2D eigenvalue weighted by atomic mass is 32.2. The Morgan fingerprint density at radius 3 is 2.63 bits per heavy atom. The molecule has 2 heterocycles. The number of nitrogens with zero attached hydrogens (tertiary/aromatic N) is 1. The zero-order valence-corrected chi connectivity index (χ0v) is 16.3. The molecule has 9 nitrogen and oxygen atoms in total. The zero-order valence-electron chi connectivity index (χ0n) is 15.5. The lowest BCUT2D eigenvalue weighted by Gasteiger charge is -2.29. The molecule has 0 radical (unpaired) electrons. The molecular formula is C17H28N4O5S. The Morgan fingerprint density at radius 1 is 1.22 bits per heavy atom. The molecule has 0 aromatic carbocycles. The van der Waals surface area contributed by atoms with Crippen LogP contribution in [0.2, 0.25) is 0 Å². The van der Waals surface area contributed by atoms with Crippen molar-refractivity contribution in [1.82, 2.24) is 20.9 Å². The normalized spacial score (nSPS) is 23.1. The molecule has 0 saturated carbocycles. The van der Waals surface area contributed by atoms with Crippen LogP contribution in [0, 0.1) is 0 Å². The molecule has 152 valence electrons. The van der Waals surface area contributed by atoms with E-state index in [4.69, 9.17) is 5.11 Å². The van der Waals surface area contributed by atoms with Crippen LogP contribution in [-0.2, 0) is 19.2 Å². The summed E-state index contributed by atoms with van der Waals surface area (Å²) in [5, 5.41) is 17.0. The van der Waals surface area contributed by atoms with E-state index in [-0.39, 0.29) is 17.9 Å². The van der Waals surface area contributed by atoms with E-state index in [1.165, 1.54) is 4.90 Å². The summed E-state index contributed by atoms with van der Waals surface area (Å²) >= 11 is 1.59. The van der Waals surface area contributed by atoms with Crippen LogP contribution in [-0.4, -0.2) is 83.5 Å². The van der Waals surface area contributed by atoms with E-state index in [0.29, 0.717) is 31.6 Å². The Morgan fingerprint density at radius 2 is 2.00 bits per heavy atom. The molecule has 4 N–H and O–H groups in total. The van der Waals surface area contributed by atoms with Crippen molar-refractivity contribution in [3.63, 3.8) is 0 Å². The highest BCUT2D eigenvalue weighted by Crippen LogP contribution is 2.20. The van der Waals surface area contributed by atoms with Gasteiger partial charge in [-0.3, -0.25) is 19.2 Å². The minimum atomic E-state index is -1.13. The first-order valence-electron chi connectivity index (χ1n) is 9.26. The molecule has 2 aliphatic heterocycles. The summed E-state index contributed by atoms with van der Waals surface area (Å²) in [5.41, 5.74) is 0. The van der Waals surface area contributed by atoms with Crippen LogP contribution in [0.25, 0.3) is 0 Å². The number of likely N-dealkylation sites (tertiary alicyclic amines) is 1. The topological polar surface area (TPSA) is 128 Å². The minimum absolute atomic E-state index is 0.182. The second-order valence-electron chi connectivity index (χ2n) is 6.79. The van der Waals surface area contributed by atoms with Crippen molar-refractivity contribution < 1.29 is 24.3 Å². The number of rotatable bonds is 9. The molecule has 3 atom stereocenters. The van der Waals surface area contributed by atoms with Gasteiger partial charge in [-0.05, 0) is 50.7 Å². The van der Waals surface area contributed by atoms with Crippen molar-refractivity contribution in [3.8, 4) is 0 Å². The summed E-state index contributed by atoms with van der Waals surface area (Å²) in [6.07, 6.45) is 5.26. The van der Waals surface area contributed by atoms with Crippen molar-refractivity contribution >= 4 is 35.5 Å². The molecule has 2 rings (SSSR count). The summed E-state index contributed by atoms with van der Waals surface area (Å²) in [7, 11) is 0. The maximum atomic E-state index is 13.0. The summed E-state index contributed by atoms with van der Waals surface area (Å²) in [4.78, 5) is 49.9. The predicted molar refractivity (Wildman–Crippen MR) is 101 cm³/mol. The molecule has 2 aliphatic rings. The first-order valence-corrected chi connectivity index (χ1v) is 10.7. The lowest BCUT2D eigenvalue weighted by Crippen LogP contribution is -2.55. The van der Waals surface area contributed by atoms with E-state index in [2.05, 4.69) is 16.0 Å². The monoisotopic (exact) mass is 400 g/mol. The Kier molecular flexibility index (Phi) is 8.36. The van der Waals surface area contributed by atoms with Gasteiger partial charge in [0.2, 0.25) is 17.7 Å². The summed E-state index contributed by atoms with van der Waals surface area (Å²) < 4.78 is 0. The Balaban J connectivity index is 2.02. The fourth-order valence-electron chi connectivity index (χ4n) is 3.46. The second kappa shape index (κ2) is 10.5. The number of thioether (sulfide) groups is 1. The van der Waals surface area contributed by atoms with Gasteiger partial charge in [0.05, 0.1) is 6.04 Å². The number of aliphatic carboxylic acids is 1. The zero-order chi connectivity index (χ0) is 19.8. The number of carbonyl (C=O) groups is 4. The highest BCUT2D eigenvalue weighted by Gasteiger charge is 2.38. The van der Waals surface area contributed by atoms with Crippen LogP contribution >= 0.6 is 11.8 Å². The summed E-state index contributed by atoms with van der Waals surface area (Å²) in [6.45, 7) is 0.744. The van der Waals surface area contributed by atoms with E-state index < -0.39 is 30.5 Å². The second-order valence-corrected chi connectivity index (χ2v) is 7.78. The quantitative estimate of drug-likeness (QED) is 0.398. The molecule has 0 aliphatic carbocycles. The van der Waals surface area contributed by atoms with Crippen molar-refractivity contribution in [2.24, 2.45) is 0 Å². The minimum Gasteiger partial charge on any atom is -0.480 e.